The lowest BCUT2D eigenvalue weighted by atomic mass is 10.3. The van der Waals surface area contributed by atoms with Crippen molar-refractivity contribution in [3.05, 3.63) is 24.3 Å². The third-order valence-corrected chi connectivity index (χ3v) is 1.75. The molecule has 1 aromatic rings. The maximum atomic E-state index is 10.4. The van der Waals surface area contributed by atoms with Gasteiger partial charge < -0.3 is 4.74 Å². The lowest BCUT2D eigenvalue weighted by Gasteiger charge is -1.98. The van der Waals surface area contributed by atoms with Gasteiger partial charge in [-0.25, -0.2) is 0 Å². The molecule has 0 radical (unpaired) electrons. The van der Waals surface area contributed by atoms with Crippen LogP contribution in [0.25, 0.3) is 0 Å². The van der Waals surface area contributed by atoms with E-state index in [0.29, 0.717) is 11.1 Å². The van der Waals surface area contributed by atoms with E-state index in [1.165, 1.54) is 0 Å². The highest BCUT2D eigenvalue weighted by atomic mass is 31.1. The van der Waals surface area contributed by atoms with Crippen LogP contribution in [0.2, 0.25) is 0 Å². The number of rotatable bonds is 2. The lowest BCUT2D eigenvalue weighted by molar-refractivity contribution is 0.418. The van der Waals surface area contributed by atoms with Gasteiger partial charge in [0.25, 0.3) is 0 Å². The van der Waals surface area contributed by atoms with Crippen LogP contribution in [-0.2, 0) is 4.57 Å². The van der Waals surface area contributed by atoms with E-state index in [0.717, 1.165) is 0 Å². The van der Waals surface area contributed by atoms with Crippen LogP contribution in [0.4, 0.5) is 0 Å². The summed E-state index contributed by atoms with van der Waals surface area (Å²) in [5, 5.41) is 0.685. The number of hydrogen-bond donors (Lipinski definition) is 0. The highest BCUT2D eigenvalue weighted by Crippen LogP contribution is 2.10. The van der Waals surface area contributed by atoms with E-state index in [9.17, 15) is 4.57 Å². The smallest absolute Gasteiger partial charge is 0.196 e. The van der Waals surface area contributed by atoms with Gasteiger partial charge in [0.05, 0.1) is 12.4 Å². The van der Waals surface area contributed by atoms with Gasteiger partial charge in [-0.3, -0.25) is 4.57 Å². The largest absolute Gasteiger partial charge is 0.496 e. The molecule has 1 rings (SSSR count). The minimum atomic E-state index is 0.00284. The molecule has 0 saturated carbocycles. The summed E-state index contributed by atoms with van der Waals surface area (Å²) < 4.78 is 15.3. The molecule has 0 fully saturated rings. The van der Waals surface area contributed by atoms with Crippen molar-refractivity contribution in [1.29, 1.82) is 0 Å². The average molecular weight is 154 g/mol. The predicted molar refractivity (Wildman–Crippen MR) is 40.2 cm³/mol. The first-order valence-electron chi connectivity index (χ1n) is 2.85. The Labute approximate surface area is 61.0 Å². The molecule has 52 valence electrons. The number of ether oxygens (including phenoxy) is 1. The summed E-state index contributed by atoms with van der Waals surface area (Å²) in [6, 6.07) is 7.20. The molecule has 0 aliphatic rings. The van der Waals surface area contributed by atoms with Crippen LogP contribution in [0.1, 0.15) is 0 Å². The number of methoxy groups -OCH3 is 1. The van der Waals surface area contributed by atoms with Gasteiger partial charge in [0.2, 0.25) is 0 Å². The van der Waals surface area contributed by atoms with Crippen molar-refractivity contribution in [1.82, 2.24) is 0 Å². The van der Waals surface area contributed by atoms with Gasteiger partial charge in [-0.15, -0.1) is 0 Å². The van der Waals surface area contributed by atoms with Crippen LogP contribution in [0, 0.1) is 0 Å². The topological polar surface area (TPSA) is 26.3 Å². The Morgan fingerprint density at radius 3 is 2.60 bits per heavy atom. The normalized spacial score (nSPS) is 9.70. The Morgan fingerprint density at radius 1 is 1.40 bits per heavy atom. The molecular formula is C7H7O2P. The molecular weight excluding hydrogens is 147 g/mol. The summed E-state index contributed by atoms with van der Waals surface area (Å²) in [4.78, 5) is 0. The van der Waals surface area contributed by atoms with Gasteiger partial charge in [-0.1, -0.05) is 12.1 Å². The molecule has 0 spiro atoms. The second-order valence-electron chi connectivity index (χ2n) is 1.76. The molecule has 0 aliphatic carbocycles. The van der Waals surface area contributed by atoms with Gasteiger partial charge in [0.1, 0.15) is 5.75 Å². The van der Waals surface area contributed by atoms with Crippen LogP contribution in [0.5, 0.6) is 5.75 Å². The third kappa shape index (κ3) is 1.34. The second-order valence-corrected chi connectivity index (χ2v) is 2.43. The zero-order valence-corrected chi connectivity index (χ0v) is 6.47. The third-order valence-electron chi connectivity index (χ3n) is 1.18. The molecule has 3 heteroatoms. The molecule has 0 heterocycles. The SMILES string of the molecule is COc1ccccc1P=O. The predicted octanol–water partition coefficient (Wildman–Crippen LogP) is 1.61. The van der Waals surface area contributed by atoms with Crippen molar-refractivity contribution in [2.75, 3.05) is 7.11 Å². The van der Waals surface area contributed by atoms with Crippen molar-refractivity contribution in [3.63, 3.8) is 0 Å². The van der Waals surface area contributed by atoms with E-state index >= 15 is 0 Å². The highest BCUT2D eigenvalue weighted by Gasteiger charge is 1.97. The summed E-state index contributed by atoms with van der Waals surface area (Å²) in [5.74, 6) is 0.666. The first-order chi connectivity index (χ1) is 4.88. The van der Waals surface area contributed by atoms with Crippen LogP contribution in [0.3, 0.4) is 0 Å². The molecule has 0 aromatic heterocycles. The average Bonchev–Trinajstić information content (AvgIpc) is 2.04. The fourth-order valence-electron chi connectivity index (χ4n) is 0.705. The summed E-state index contributed by atoms with van der Waals surface area (Å²) in [6.07, 6.45) is 0. The van der Waals surface area contributed by atoms with E-state index in [1.54, 1.807) is 19.2 Å². The Hall–Kier alpha value is -0.880. The fraction of sp³-hybridized carbons (Fsp3) is 0.143. The zero-order chi connectivity index (χ0) is 7.40. The van der Waals surface area contributed by atoms with E-state index in [1.807, 2.05) is 12.1 Å². The summed E-state index contributed by atoms with van der Waals surface area (Å²) in [5.41, 5.74) is 0. The Kier molecular flexibility index (Phi) is 2.41. The minimum Gasteiger partial charge on any atom is -0.496 e. The Balaban J connectivity index is 3.08. The number of hydrogen-bond acceptors (Lipinski definition) is 2. The van der Waals surface area contributed by atoms with E-state index in [2.05, 4.69) is 0 Å². The minimum absolute atomic E-state index is 0.00284. The van der Waals surface area contributed by atoms with Crippen molar-refractivity contribution in [3.8, 4) is 5.75 Å². The van der Waals surface area contributed by atoms with E-state index in [4.69, 9.17) is 4.74 Å². The molecule has 1 aromatic carbocycles. The van der Waals surface area contributed by atoms with Crippen LogP contribution in [0.15, 0.2) is 24.3 Å². The zero-order valence-electron chi connectivity index (χ0n) is 5.57. The quantitative estimate of drug-likeness (QED) is 0.605. The molecule has 10 heavy (non-hydrogen) atoms. The van der Waals surface area contributed by atoms with Crippen molar-refractivity contribution in [2.24, 2.45) is 0 Å². The van der Waals surface area contributed by atoms with Crippen molar-refractivity contribution >= 4 is 13.8 Å². The lowest BCUT2D eigenvalue weighted by Crippen LogP contribution is -1.97. The van der Waals surface area contributed by atoms with Crippen molar-refractivity contribution in [2.45, 2.75) is 0 Å². The second kappa shape index (κ2) is 3.33. The van der Waals surface area contributed by atoms with Gasteiger partial charge in [-0.05, 0) is 12.1 Å². The standard InChI is InChI=1S/C7H7O2P/c1-9-6-4-2-3-5-7(6)10-8/h2-5H,1H3. The molecule has 2 nitrogen and oxygen atoms in total. The molecule has 0 amide bonds. The summed E-state index contributed by atoms with van der Waals surface area (Å²) >= 11 is 0. The van der Waals surface area contributed by atoms with E-state index in [-0.39, 0.29) is 8.46 Å². The summed E-state index contributed by atoms with van der Waals surface area (Å²) in [7, 11) is 1.56. The molecule has 0 N–H and O–H groups in total. The van der Waals surface area contributed by atoms with Gasteiger partial charge in [-0.2, -0.15) is 0 Å². The van der Waals surface area contributed by atoms with Crippen LogP contribution < -0.4 is 10.0 Å². The van der Waals surface area contributed by atoms with Crippen LogP contribution in [-0.4, -0.2) is 7.11 Å². The van der Waals surface area contributed by atoms with Gasteiger partial charge in [0, 0.05) is 0 Å². The maximum absolute atomic E-state index is 10.4. The first-order valence-corrected chi connectivity index (χ1v) is 3.66. The molecule has 0 aliphatic heterocycles. The van der Waals surface area contributed by atoms with E-state index < -0.39 is 0 Å². The molecule has 0 unspecified atom stereocenters. The van der Waals surface area contributed by atoms with Gasteiger partial charge >= 0.3 is 0 Å². The number of para-hydroxylation sites is 1. The highest BCUT2D eigenvalue weighted by molar-refractivity contribution is 7.34. The summed E-state index contributed by atoms with van der Waals surface area (Å²) in [6.45, 7) is 0. The molecule has 0 atom stereocenters. The first kappa shape index (κ1) is 7.23. The fourth-order valence-corrected chi connectivity index (χ4v) is 1.11. The number of benzene rings is 1. The maximum Gasteiger partial charge on any atom is 0.196 e. The van der Waals surface area contributed by atoms with Crippen molar-refractivity contribution < 1.29 is 9.30 Å². The Morgan fingerprint density at radius 2 is 2.10 bits per heavy atom. The van der Waals surface area contributed by atoms with Gasteiger partial charge in [0.15, 0.2) is 8.46 Å². The Bertz CT molecular complexity index is 235. The van der Waals surface area contributed by atoms with Crippen LogP contribution >= 0.6 is 8.46 Å². The molecule has 0 saturated heterocycles. The monoisotopic (exact) mass is 154 g/mol. The molecule has 0 bridgehead atoms.